The summed E-state index contributed by atoms with van der Waals surface area (Å²) in [4.78, 5) is 13.2. The van der Waals surface area contributed by atoms with Crippen molar-refractivity contribution >= 4 is 67.1 Å². The van der Waals surface area contributed by atoms with Crippen molar-refractivity contribution in [3.05, 3.63) is 68.9 Å². The Bertz CT molecular complexity index is 1270. The fraction of sp³-hybridized carbons (Fsp3) is 0.150. The molecule has 2 aromatic heterocycles. The standard InChI is InChI=1S/C20H16BrClN6OS2/c1-2-16-25-26-20-28(16)27-18(31-20)12-5-3-11(4-6-12)10-23-19(30)24-17(29)14-9-13(21)7-8-15(14)22/h3-9H,2,10H2,1H3,(H2,23,24,29,30). The first-order chi connectivity index (χ1) is 14.9. The maximum atomic E-state index is 12.4. The highest BCUT2D eigenvalue weighted by atomic mass is 79.9. The van der Waals surface area contributed by atoms with E-state index in [1.807, 2.05) is 31.2 Å². The predicted octanol–water partition coefficient (Wildman–Crippen LogP) is 4.64. The third kappa shape index (κ3) is 4.93. The van der Waals surface area contributed by atoms with E-state index >= 15 is 0 Å². The average Bonchev–Trinajstić information content (AvgIpc) is 3.35. The Balaban J connectivity index is 1.36. The molecule has 7 nitrogen and oxygen atoms in total. The molecule has 2 N–H and O–H groups in total. The van der Waals surface area contributed by atoms with Crippen LogP contribution < -0.4 is 10.6 Å². The van der Waals surface area contributed by atoms with Gasteiger partial charge in [0.25, 0.3) is 5.91 Å². The zero-order valence-corrected chi connectivity index (χ0v) is 20.2. The molecule has 0 saturated heterocycles. The lowest BCUT2D eigenvalue weighted by Gasteiger charge is -2.11. The molecule has 0 atom stereocenters. The van der Waals surface area contributed by atoms with Crippen LogP contribution in [-0.2, 0) is 13.0 Å². The number of fused-ring (bicyclic) bond motifs is 1. The predicted molar refractivity (Wildman–Crippen MR) is 130 cm³/mol. The lowest BCUT2D eigenvalue weighted by Crippen LogP contribution is -2.38. The minimum absolute atomic E-state index is 0.228. The van der Waals surface area contributed by atoms with Gasteiger partial charge in [0.15, 0.2) is 10.9 Å². The van der Waals surface area contributed by atoms with Crippen molar-refractivity contribution in [1.29, 1.82) is 0 Å². The van der Waals surface area contributed by atoms with Crippen LogP contribution in [0.4, 0.5) is 0 Å². The van der Waals surface area contributed by atoms with Gasteiger partial charge in [0.2, 0.25) is 4.96 Å². The molecule has 2 heterocycles. The SMILES string of the molecule is CCc1nnc2sc(-c3ccc(CNC(=S)NC(=O)c4cc(Br)ccc4Cl)cc3)nn12. The van der Waals surface area contributed by atoms with E-state index in [2.05, 4.69) is 41.9 Å². The van der Waals surface area contributed by atoms with E-state index in [4.69, 9.17) is 23.8 Å². The number of hydrogen-bond acceptors (Lipinski definition) is 6. The van der Waals surface area contributed by atoms with Crippen molar-refractivity contribution in [3.8, 4) is 10.6 Å². The molecule has 0 spiro atoms. The lowest BCUT2D eigenvalue weighted by atomic mass is 10.1. The van der Waals surface area contributed by atoms with Gasteiger partial charge in [-0.05, 0) is 36.0 Å². The highest BCUT2D eigenvalue weighted by molar-refractivity contribution is 9.10. The summed E-state index contributed by atoms with van der Waals surface area (Å²) in [5, 5.41) is 20.0. The molecule has 0 unspecified atom stereocenters. The number of aromatic nitrogens is 4. The third-order valence-corrected chi connectivity index (χ3v) is 6.44. The molecule has 0 radical (unpaired) electrons. The van der Waals surface area contributed by atoms with E-state index in [-0.39, 0.29) is 11.0 Å². The Labute approximate surface area is 201 Å². The van der Waals surface area contributed by atoms with Crippen molar-refractivity contribution in [1.82, 2.24) is 30.4 Å². The number of carbonyl (C=O) groups is 1. The normalized spacial score (nSPS) is 10.9. The molecule has 1 amide bonds. The van der Waals surface area contributed by atoms with Crippen molar-refractivity contribution in [3.63, 3.8) is 0 Å². The first-order valence-electron chi connectivity index (χ1n) is 9.29. The number of rotatable bonds is 5. The van der Waals surface area contributed by atoms with Gasteiger partial charge in [-0.25, -0.2) is 0 Å². The summed E-state index contributed by atoms with van der Waals surface area (Å²) >= 11 is 16.2. The number of amides is 1. The van der Waals surface area contributed by atoms with E-state index in [0.717, 1.165) is 37.8 Å². The van der Waals surface area contributed by atoms with E-state index in [1.165, 1.54) is 11.3 Å². The second-order valence-corrected chi connectivity index (χ2v) is 9.22. The molecule has 4 aromatic rings. The van der Waals surface area contributed by atoms with Gasteiger partial charge in [0.1, 0.15) is 5.01 Å². The van der Waals surface area contributed by atoms with Crippen LogP contribution in [0.3, 0.4) is 0 Å². The highest BCUT2D eigenvalue weighted by Gasteiger charge is 2.13. The van der Waals surface area contributed by atoms with Gasteiger partial charge >= 0.3 is 0 Å². The van der Waals surface area contributed by atoms with Crippen LogP contribution in [-0.4, -0.2) is 30.8 Å². The second kappa shape index (κ2) is 9.39. The molecular weight excluding hydrogens is 520 g/mol. The smallest absolute Gasteiger partial charge is 0.258 e. The number of nitrogens with zero attached hydrogens (tertiary/aromatic N) is 4. The number of halogens is 2. The van der Waals surface area contributed by atoms with E-state index < -0.39 is 0 Å². The maximum Gasteiger partial charge on any atom is 0.258 e. The summed E-state index contributed by atoms with van der Waals surface area (Å²) in [7, 11) is 0. The van der Waals surface area contributed by atoms with Crippen LogP contribution in [0, 0.1) is 0 Å². The monoisotopic (exact) mass is 534 g/mol. The molecule has 31 heavy (non-hydrogen) atoms. The molecule has 0 saturated carbocycles. The Hall–Kier alpha value is -2.40. The minimum Gasteiger partial charge on any atom is -0.358 e. The number of hydrogen-bond donors (Lipinski definition) is 2. The van der Waals surface area contributed by atoms with Gasteiger partial charge in [0.05, 0.1) is 10.6 Å². The molecule has 0 aliphatic carbocycles. The van der Waals surface area contributed by atoms with Crippen LogP contribution in [0.5, 0.6) is 0 Å². The fourth-order valence-electron chi connectivity index (χ4n) is 2.83. The number of thiocarbonyl (C=S) groups is 1. The summed E-state index contributed by atoms with van der Waals surface area (Å²) in [6, 6.07) is 13.0. The number of aryl methyl sites for hydroxylation is 1. The first-order valence-corrected chi connectivity index (χ1v) is 11.7. The first kappa shape index (κ1) is 21.8. The molecule has 0 aliphatic rings. The van der Waals surface area contributed by atoms with Crippen LogP contribution in [0.2, 0.25) is 5.02 Å². The molecule has 4 rings (SSSR count). The average molecular weight is 536 g/mol. The molecule has 0 bridgehead atoms. The minimum atomic E-state index is -0.367. The van der Waals surface area contributed by atoms with Crippen molar-refractivity contribution in [2.24, 2.45) is 0 Å². The number of benzene rings is 2. The molecular formula is C20H16BrClN6OS2. The van der Waals surface area contributed by atoms with E-state index in [1.54, 1.807) is 22.7 Å². The van der Waals surface area contributed by atoms with Gasteiger partial charge in [-0.1, -0.05) is 70.1 Å². The van der Waals surface area contributed by atoms with Gasteiger partial charge < -0.3 is 5.32 Å². The summed E-state index contributed by atoms with van der Waals surface area (Å²) in [5.74, 6) is 0.479. The lowest BCUT2D eigenvalue weighted by molar-refractivity contribution is 0.0976. The van der Waals surface area contributed by atoms with Crippen molar-refractivity contribution < 1.29 is 4.79 Å². The fourth-order valence-corrected chi connectivity index (χ4v) is 4.42. The quantitative estimate of drug-likeness (QED) is 0.362. The summed E-state index contributed by atoms with van der Waals surface area (Å²) < 4.78 is 2.55. The van der Waals surface area contributed by atoms with Gasteiger partial charge in [-0.15, -0.1) is 10.2 Å². The van der Waals surface area contributed by atoms with E-state index in [0.29, 0.717) is 17.1 Å². The van der Waals surface area contributed by atoms with Crippen LogP contribution in [0.1, 0.15) is 28.7 Å². The van der Waals surface area contributed by atoms with Crippen LogP contribution >= 0.6 is 51.1 Å². The number of carbonyl (C=O) groups excluding carboxylic acids is 1. The van der Waals surface area contributed by atoms with Crippen molar-refractivity contribution in [2.45, 2.75) is 19.9 Å². The highest BCUT2D eigenvalue weighted by Crippen LogP contribution is 2.26. The van der Waals surface area contributed by atoms with Crippen LogP contribution in [0.25, 0.3) is 15.5 Å². The van der Waals surface area contributed by atoms with Crippen LogP contribution in [0.15, 0.2) is 46.9 Å². The van der Waals surface area contributed by atoms with E-state index in [9.17, 15) is 4.79 Å². The molecule has 11 heteroatoms. The summed E-state index contributed by atoms with van der Waals surface area (Å²) in [6.45, 7) is 2.49. The Kier molecular flexibility index (Phi) is 6.61. The summed E-state index contributed by atoms with van der Waals surface area (Å²) in [6.07, 6.45) is 0.777. The number of nitrogens with one attached hydrogen (secondary N) is 2. The second-order valence-electron chi connectivity index (χ2n) is 6.53. The Morgan fingerprint density at radius 3 is 2.74 bits per heavy atom. The molecule has 0 fully saturated rings. The van der Waals surface area contributed by atoms with Gasteiger partial charge in [-0.2, -0.15) is 9.61 Å². The third-order valence-electron chi connectivity index (χ3n) is 4.43. The largest absolute Gasteiger partial charge is 0.358 e. The maximum absolute atomic E-state index is 12.4. The van der Waals surface area contributed by atoms with Gasteiger partial charge in [0, 0.05) is 23.0 Å². The zero-order valence-electron chi connectivity index (χ0n) is 16.2. The van der Waals surface area contributed by atoms with Gasteiger partial charge in [-0.3, -0.25) is 10.1 Å². The Morgan fingerprint density at radius 1 is 1.23 bits per heavy atom. The zero-order chi connectivity index (χ0) is 22.0. The molecule has 158 valence electrons. The van der Waals surface area contributed by atoms with Crippen molar-refractivity contribution in [2.75, 3.05) is 0 Å². The topological polar surface area (TPSA) is 84.2 Å². The summed E-state index contributed by atoms with van der Waals surface area (Å²) in [5.41, 5.74) is 2.36. The molecule has 0 aliphatic heterocycles. The Morgan fingerprint density at radius 2 is 2.00 bits per heavy atom. The molecule has 2 aromatic carbocycles.